The van der Waals surface area contributed by atoms with E-state index < -0.39 is 23.7 Å². The smallest absolute Gasteiger partial charge is 0.408 e. The average Bonchev–Trinajstić information content (AvgIpc) is 2.53. The van der Waals surface area contributed by atoms with Crippen LogP contribution in [0.1, 0.15) is 72.6 Å². The number of hydrogen-bond donors (Lipinski definition) is 1. The number of rotatable bonds is 8. The molecule has 0 aromatic heterocycles. The molecule has 1 fully saturated rings. The molecule has 0 aromatic carbocycles. The number of alkyl carbamates (subject to hydrolysis) is 1. The molecule has 1 amide bonds. The lowest BCUT2D eigenvalue weighted by Crippen LogP contribution is -2.45. The Morgan fingerprint density at radius 3 is 2.31 bits per heavy atom. The van der Waals surface area contributed by atoms with Crippen molar-refractivity contribution in [1.82, 2.24) is 5.32 Å². The maximum atomic E-state index is 12.5. The number of carbonyl (C=O) groups is 3. The monoisotopic (exact) mass is 367 g/mol. The fraction of sp³-hybridized carbons (Fsp3) is 0.750. The van der Waals surface area contributed by atoms with Crippen molar-refractivity contribution in [1.29, 1.82) is 0 Å². The number of hydrogen-bond acceptors (Lipinski definition) is 5. The highest BCUT2D eigenvalue weighted by molar-refractivity contribution is 5.91. The second kappa shape index (κ2) is 10.3. The van der Waals surface area contributed by atoms with Gasteiger partial charge in [-0.25, -0.2) is 4.79 Å². The average molecular weight is 367 g/mol. The standard InChI is InChI=1S/C20H33NO5/c1-6-14(2)12-17(22)16(21-19(24)26-20(3,4)5)13-18(23)25-15-10-8-7-9-11-15/h6,14-16H,1,7-13H2,2-5H3,(H,21,24)/t14?,16-/m0/s1. The van der Waals surface area contributed by atoms with E-state index in [4.69, 9.17) is 9.47 Å². The van der Waals surface area contributed by atoms with E-state index >= 15 is 0 Å². The molecule has 1 aliphatic rings. The van der Waals surface area contributed by atoms with Gasteiger partial charge < -0.3 is 14.8 Å². The molecule has 0 saturated heterocycles. The highest BCUT2D eigenvalue weighted by Gasteiger charge is 2.28. The summed E-state index contributed by atoms with van der Waals surface area (Å²) in [6.07, 6.45) is 5.86. The first-order chi connectivity index (χ1) is 12.1. The number of ketones is 1. The van der Waals surface area contributed by atoms with Crippen molar-refractivity contribution in [3.8, 4) is 0 Å². The first-order valence-electron chi connectivity index (χ1n) is 9.45. The fourth-order valence-corrected chi connectivity index (χ4v) is 2.82. The van der Waals surface area contributed by atoms with Crippen molar-refractivity contribution in [2.45, 2.75) is 90.4 Å². The third-order valence-corrected chi connectivity index (χ3v) is 4.23. The lowest BCUT2D eigenvalue weighted by atomic mass is 9.97. The summed E-state index contributed by atoms with van der Waals surface area (Å²) in [6.45, 7) is 10.7. The molecule has 1 rings (SSSR count). The van der Waals surface area contributed by atoms with Gasteiger partial charge in [0.2, 0.25) is 0 Å². The number of nitrogens with one attached hydrogen (secondary N) is 1. The highest BCUT2D eigenvalue weighted by Crippen LogP contribution is 2.21. The molecule has 0 heterocycles. The Kier molecular flexibility index (Phi) is 8.82. The third kappa shape index (κ3) is 9.02. The summed E-state index contributed by atoms with van der Waals surface area (Å²) in [4.78, 5) is 36.8. The van der Waals surface area contributed by atoms with Gasteiger partial charge in [-0.05, 0) is 52.4 Å². The molecule has 0 aromatic rings. The molecule has 0 bridgehead atoms. The van der Waals surface area contributed by atoms with Gasteiger partial charge >= 0.3 is 12.1 Å². The largest absolute Gasteiger partial charge is 0.462 e. The minimum atomic E-state index is -0.955. The summed E-state index contributed by atoms with van der Waals surface area (Å²) < 4.78 is 10.7. The van der Waals surface area contributed by atoms with Crippen LogP contribution in [0.25, 0.3) is 0 Å². The molecule has 1 N–H and O–H groups in total. The van der Waals surface area contributed by atoms with Gasteiger partial charge in [-0.15, -0.1) is 6.58 Å². The van der Waals surface area contributed by atoms with Gasteiger partial charge in [0.25, 0.3) is 0 Å². The van der Waals surface area contributed by atoms with Crippen molar-refractivity contribution in [2.75, 3.05) is 0 Å². The second-order valence-corrected chi connectivity index (χ2v) is 8.04. The Bertz CT molecular complexity index is 503. The predicted octanol–water partition coefficient (Wildman–Crippen LogP) is 3.93. The maximum Gasteiger partial charge on any atom is 0.408 e. The number of allylic oxidation sites excluding steroid dienone is 1. The SMILES string of the molecule is C=CC(C)CC(=O)[C@H](CC(=O)OC1CCCCC1)NC(=O)OC(C)(C)C. The number of amides is 1. The molecule has 26 heavy (non-hydrogen) atoms. The van der Waals surface area contributed by atoms with E-state index in [0.29, 0.717) is 0 Å². The van der Waals surface area contributed by atoms with Crippen LogP contribution in [-0.2, 0) is 19.1 Å². The van der Waals surface area contributed by atoms with Crippen LogP contribution in [-0.4, -0.2) is 35.6 Å². The molecule has 1 aliphatic carbocycles. The van der Waals surface area contributed by atoms with E-state index in [9.17, 15) is 14.4 Å². The van der Waals surface area contributed by atoms with E-state index in [2.05, 4.69) is 11.9 Å². The summed E-state index contributed by atoms with van der Waals surface area (Å²) in [7, 11) is 0. The van der Waals surface area contributed by atoms with E-state index in [-0.39, 0.29) is 30.6 Å². The maximum absolute atomic E-state index is 12.5. The van der Waals surface area contributed by atoms with Crippen molar-refractivity contribution in [3.63, 3.8) is 0 Å². The Balaban J connectivity index is 2.68. The normalized spacial score (nSPS) is 17.7. The minimum absolute atomic E-state index is 0.0419. The molecule has 6 heteroatoms. The molecule has 148 valence electrons. The summed E-state index contributed by atoms with van der Waals surface area (Å²) >= 11 is 0. The molecule has 1 saturated carbocycles. The number of Topliss-reactive ketones (excluding diaryl/α,β-unsaturated/α-hetero) is 1. The van der Waals surface area contributed by atoms with Crippen LogP contribution in [0.4, 0.5) is 4.79 Å². The summed E-state index contributed by atoms with van der Waals surface area (Å²) in [5, 5.41) is 2.53. The topological polar surface area (TPSA) is 81.7 Å². The van der Waals surface area contributed by atoms with Crippen LogP contribution < -0.4 is 5.32 Å². The van der Waals surface area contributed by atoms with Crippen molar-refractivity contribution in [3.05, 3.63) is 12.7 Å². The van der Waals surface area contributed by atoms with Crippen LogP contribution in [0.15, 0.2) is 12.7 Å². The second-order valence-electron chi connectivity index (χ2n) is 8.04. The molecule has 6 nitrogen and oxygen atoms in total. The highest BCUT2D eigenvalue weighted by atomic mass is 16.6. The van der Waals surface area contributed by atoms with Gasteiger partial charge in [-0.2, -0.15) is 0 Å². The summed E-state index contributed by atoms with van der Waals surface area (Å²) in [5.41, 5.74) is -0.686. The van der Waals surface area contributed by atoms with Gasteiger partial charge in [0.15, 0.2) is 5.78 Å². The zero-order valence-corrected chi connectivity index (χ0v) is 16.5. The lowest BCUT2D eigenvalue weighted by Gasteiger charge is -2.25. The molecule has 1 unspecified atom stereocenters. The van der Waals surface area contributed by atoms with Crippen LogP contribution in [0.3, 0.4) is 0 Å². The number of carbonyl (C=O) groups excluding carboxylic acids is 3. The first kappa shape index (κ1) is 22.2. The van der Waals surface area contributed by atoms with E-state index in [1.54, 1.807) is 26.8 Å². The van der Waals surface area contributed by atoms with E-state index in [1.807, 2.05) is 6.92 Å². The molecular formula is C20H33NO5. The van der Waals surface area contributed by atoms with Crippen LogP contribution in [0.5, 0.6) is 0 Å². The Morgan fingerprint density at radius 1 is 1.15 bits per heavy atom. The van der Waals surface area contributed by atoms with E-state index in [0.717, 1.165) is 32.1 Å². The van der Waals surface area contributed by atoms with E-state index in [1.165, 1.54) is 0 Å². The molecule has 2 atom stereocenters. The zero-order chi connectivity index (χ0) is 19.7. The molecule has 0 spiro atoms. The quantitative estimate of drug-likeness (QED) is 0.519. The Labute approximate surface area is 156 Å². The van der Waals surface area contributed by atoms with Crippen LogP contribution in [0.2, 0.25) is 0 Å². The van der Waals surface area contributed by atoms with Crippen LogP contribution >= 0.6 is 0 Å². The Morgan fingerprint density at radius 2 is 1.77 bits per heavy atom. The van der Waals surface area contributed by atoms with Crippen molar-refractivity contribution in [2.24, 2.45) is 5.92 Å². The van der Waals surface area contributed by atoms with Crippen molar-refractivity contribution < 1.29 is 23.9 Å². The number of esters is 1. The third-order valence-electron chi connectivity index (χ3n) is 4.23. The molecule has 0 radical (unpaired) electrons. The lowest BCUT2D eigenvalue weighted by molar-refractivity contribution is -0.152. The van der Waals surface area contributed by atoms with Gasteiger partial charge in [-0.1, -0.05) is 19.4 Å². The van der Waals surface area contributed by atoms with Crippen LogP contribution in [0, 0.1) is 5.92 Å². The molecule has 0 aliphatic heterocycles. The predicted molar refractivity (Wildman–Crippen MR) is 99.7 cm³/mol. The summed E-state index contributed by atoms with van der Waals surface area (Å²) in [6, 6.07) is -0.955. The number of ether oxygens (including phenoxy) is 2. The zero-order valence-electron chi connectivity index (χ0n) is 16.5. The van der Waals surface area contributed by atoms with Crippen molar-refractivity contribution >= 4 is 17.8 Å². The van der Waals surface area contributed by atoms with Gasteiger partial charge in [0.1, 0.15) is 17.7 Å². The van der Waals surface area contributed by atoms with Gasteiger partial charge in [-0.3, -0.25) is 9.59 Å². The fourth-order valence-electron chi connectivity index (χ4n) is 2.82. The van der Waals surface area contributed by atoms with Gasteiger partial charge in [0.05, 0.1) is 6.42 Å². The first-order valence-corrected chi connectivity index (χ1v) is 9.45. The van der Waals surface area contributed by atoms with Gasteiger partial charge in [0, 0.05) is 6.42 Å². The molecular weight excluding hydrogens is 334 g/mol. The summed E-state index contributed by atoms with van der Waals surface area (Å²) in [5.74, 6) is -0.735. The minimum Gasteiger partial charge on any atom is -0.462 e. The Hall–Kier alpha value is -1.85.